The number of amides is 1. The second-order valence-electron chi connectivity index (χ2n) is 9.97. The number of nitrogens with zero attached hydrogens (tertiary/aromatic N) is 4. The SMILES string of the molecule is Cc1ccc(N2C(=O)C(c3cn(-c4ccccc4)nc3-c3ccc([N+](=O)[O-])cc3)C2c2ccc(Br)cc2)cc1C. The van der Waals surface area contributed by atoms with Gasteiger partial charge in [0.1, 0.15) is 0 Å². The van der Waals surface area contributed by atoms with Crippen molar-refractivity contribution < 1.29 is 9.72 Å². The number of carbonyl (C=O) groups is 1. The second kappa shape index (κ2) is 10.2. The zero-order valence-corrected chi connectivity index (χ0v) is 23.4. The fourth-order valence-electron chi connectivity index (χ4n) is 5.25. The van der Waals surface area contributed by atoms with Crippen molar-refractivity contribution in [3.8, 4) is 16.9 Å². The first-order valence-electron chi connectivity index (χ1n) is 12.9. The highest BCUT2D eigenvalue weighted by molar-refractivity contribution is 9.10. The van der Waals surface area contributed by atoms with Gasteiger partial charge in [-0.3, -0.25) is 14.9 Å². The minimum Gasteiger partial charge on any atom is -0.303 e. The largest absolute Gasteiger partial charge is 0.303 e. The van der Waals surface area contributed by atoms with Crippen molar-refractivity contribution in [2.75, 3.05) is 4.90 Å². The number of β-lactam (4-membered cyclic amide) rings is 1. The molecule has 198 valence electrons. The van der Waals surface area contributed by atoms with Crippen LogP contribution in [0.2, 0.25) is 0 Å². The number of hydrogen-bond acceptors (Lipinski definition) is 4. The maximum absolute atomic E-state index is 14.1. The van der Waals surface area contributed by atoms with Crippen LogP contribution in [0, 0.1) is 24.0 Å². The number of carbonyl (C=O) groups excluding carboxylic acids is 1. The van der Waals surface area contributed by atoms with Crippen LogP contribution in [0.3, 0.4) is 0 Å². The van der Waals surface area contributed by atoms with Crippen molar-refractivity contribution in [2.24, 2.45) is 0 Å². The Kier molecular flexibility index (Phi) is 6.56. The van der Waals surface area contributed by atoms with Gasteiger partial charge in [0.25, 0.3) is 5.69 Å². The van der Waals surface area contributed by atoms with E-state index in [1.807, 2.05) is 84.8 Å². The summed E-state index contributed by atoms with van der Waals surface area (Å²) in [6.07, 6.45) is 1.91. The minimum absolute atomic E-state index is 0.00108. The normalized spacial score (nSPS) is 16.6. The first-order valence-corrected chi connectivity index (χ1v) is 13.7. The lowest BCUT2D eigenvalue weighted by Gasteiger charge is -2.47. The van der Waals surface area contributed by atoms with E-state index in [0.29, 0.717) is 11.3 Å². The van der Waals surface area contributed by atoms with E-state index in [-0.39, 0.29) is 17.6 Å². The van der Waals surface area contributed by atoms with Gasteiger partial charge < -0.3 is 4.90 Å². The summed E-state index contributed by atoms with van der Waals surface area (Å²) in [6, 6.07) is 29.9. The van der Waals surface area contributed by atoms with E-state index in [1.165, 1.54) is 12.1 Å². The molecule has 5 aromatic rings. The molecular weight excluding hydrogens is 568 g/mol. The number of aromatic nitrogens is 2. The van der Waals surface area contributed by atoms with Crippen LogP contribution < -0.4 is 4.90 Å². The van der Waals surface area contributed by atoms with Crippen LogP contribution >= 0.6 is 15.9 Å². The van der Waals surface area contributed by atoms with E-state index in [9.17, 15) is 14.9 Å². The number of hydrogen-bond donors (Lipinski definition) is 0. The summed E-state index contributed by atoms with van der Waals surface area (Å²) in [6.45, 7) is 4.10. The first kappa shape index (κ1) is 25.7. The Morgan fingerprint density at radius 3 is 2.20 bits per heavy atom. The maximum Gasteiger partial charge on any atom is 0.269 e. The van der Waals surface area contributed by atoms with Gasteiger partial charge in [0.15, 0.2) is 0 Å². The highest BCUT2D eigenvalue weighted by Gasteiger charge is 2.51. The molecule has 0 bridgehead atoms. The van der Waals surface area contributed by atoms with Gasteiger partial charge >= 0.3 is 0 Å². The van der Waals surface area contributed by atoms with E-state index < -0.39 is 10.8 Å². The molecule has 7 nitrogen and oxygen atoms in total. The number of rotatable bonds is 6. The molecule has 6 rings (SSSR count). The van der Waals surface area contributed by atoms with Crippen molar-refractivity contribution in [2.45, 2.75) is 25.8 Å². The first-order chi connectivity index (χ1) is 19.3. The number of nitro groups is 1. The molecule has 2 heterocycles. The molecule has 0 saturated carbocycles. The van der Waals surface area contributed by atoms with Crippen molar-refractivity contribution in [1.82, 2.24) is 9.78 Å². The van der Waals surface area contributed by atoms with E-state index in [4.69, 9.17) is 5.10 Å². The highest BCUT2D eigenvalue weighted by atomic mass is 79.9. The van der Waals surface area contributed by atoms with Gasteiger partial charge in [0, 0.05) is 39.6 Å². The number of non-ortho nitro benzene ring substituents is 1. The standard InChI is InChI=1S/C32H25BrN4O3/c1-20-8-15-27(18-21(20)2)36-31(23-9-13-24(33)14-10-23)29(32(36)38)28-19-35(25-6-4-3-5-7-25)34-30(28)22-11-16-26(17-12-22)37(39)40/h3-19,29,31H,1-2H3. The van der Waals surface area contributed by atoms with Crippen molar-refractivity contribution >= 4 is 33.2 Å². The fraction of sp³-hybridized carbons (Fsp3) is 0.125. The third-order valence-electron chi connectivity index (χ3n) is 7.53. The summed E-state index contributed by atoms with van der Waals surface area (Å²) in [5.74, 6) is -0.516. The zero-order valence-electron chi connectivity index (χ0n) is 21.9. The molecule has 1 aromatic heterocycles. The minimum atomic E-state index is -0.495. The van der Waals surface area contributed by atoms with Crippen molar-refractivity contribution in [1.29, 1.82) is 0 Å². The average Bonchev–Trinajstić information content (AvgIpc) is 3.39. The highest BCUT2D eigenvalue weighted by Crippen LogP contribution is 2.51. The van der Waals surface area contributed by atoms with Gasteiger partial charge in [-0.15, -0.1) is 0 Å². The van der Waals surface area contributed by atoms with Crippen LogP contribution in [0.5, 0.6) is 0 Å². The molecule has 1 amide bonds. The van der Waals surface area contributed by atoms with E-state index in [1.54, 1.807) is 16.8 Å². The number of benzene rings is 4. The maximum atomic E-state index is 14.1. The van der Waals surface area contributed by atoms with Gasteiger partial charge in [0.2, 0.25) is 5.91 Å². The predicted molar refractivity (Wildman–Crippen MR) is 159 cm³/mol. The number of para-hydroxylation sites is 1. The smallest absolute Gasteiger partial charge is 0.269 e. The summed E-state index contributed by atoms with van der Waals surface area (Å²) in [7, 11) is 0. The van der Waals surface area contributed by atoms with E-state index in [0.717, 1.165) is 38.1 Å². The molecule has 2 atom stereocenters. The Morgan fingerprint density at radius 1 is 0.850 bits per heavy atom. The predicted octanol–water partition coefficient (Wildman–Crippen LogP) is 7.70. The molecule has 40 heavy (non-hydrogen) atoms. The van der Waals surface area contributed by atoms with Crippen LogP contribution in [0.25, 0.3) is 16.9 Å². The molecule has 8 heteroatoms. The monoisotopic (exact) mass is 592 g/mol. The summed E-state index contributed by atoms with van der Waals surface area (Å²) in [5.41, 5.74) is 7.11. The lowest BCUT2D eigenvalue weighted by Crippen LogP contribution is -2.53. The molecule has 4 aromatic carbocycles. The average molecular weight is 593 g/mol. The molecule has 0 radical (unpaired) electrons. The Labute approximate surface area is 240 Å². The third-order valence-corrected chi connectivity index (χ3v) is 8.06. The molecular formula is C32H25BrN4O3. The molecule has 1 aliphatic rings. The summed E-state index contributed by atoms with van der Waals surface area (Å²) in [5, 5.41) is 16.2. The molecule has 2 unspecified atom stereocenters. The summed E-state index contributed by atoms with van der Waals surface area (Å²) >= 11 is 3.53. The molecule has 0 aliphatic carbocycles. The van der Waals surface area contributed by atoms with Crippen molar-refractivity contribution in [3.63, 3.8) is 0 Å². The molecule has 1 aliphatic heterocycles. The van der Waals surface area contributed by atoms with Gasteiger partial charge in [0.05, 0.1) is 28.3 Å². The van der Waals surface area contributed by atoms with E-state index in [2.05, 4.69) is 28.9 Å². The van der Waals surface area contributed by atoms with Crippen LogP contribution in [0.15, 0.2) is 108 Å². The Balaban J connectivity index is 1.51. The van der Waals surface area contributed by atoms with E-state index >= 15 is 0 Å². The second-order valence-corrected chi connectivity index (χ2v) is 10.9. The summed E-state index contributed by atoms with van der Waals surface area (Å²) < 4.78 is 2.73. The van der Waals surface area contributed by atoms with Gasteiger partial charge in [-0.05, 0) is 79.1 Å². The molecule has 0 spiro atoms. The number of aryl methyl sites for hydroxylation is 2. The van der Waals surface area contributed by atoms with Crippen LogP contribution in [0.1, 0.15) is 34.2 Å². The van der Waals surface area contributed by atoms with Crippen LogP contribution in [-0.2, 0) is 4.79 Å². The Bertz CT molecular complexity index is 1730. The van der Waals surface area contributed by atoms with Crippen LogP contribution in [0.4, 0.5) is 11.4 Å². The molecule has 0 N–H and O–H groups in total. The molecule has 1 saturated heterocycles. The number of anilines is 1. The summed E-state index contributed by atoms with van der Waals surface area (Å²) in [4.78, 5) is 26.8. The number of halogens is 1. The van der Waals surface area contributed by atoms with Gasteiger partial charge in [-0.1, -0.05) is 52.3 Å². The van der Waals surface area contributed by atoms with Crippen LogP contribution in [-0.4, -0.2) is 20.6 Å². The lowest BCUT2D eigenvalue weighted by molar-refractivity contribution is -0.384. The van der Waals surface area contributed by atoms with Gasteiger partial charge in [-0.25, -0.2) is 4.68 Å². The zero-order chi connectivity index (χ0) is 28.0. The Morgan fingerprint density at radius 2 is 1.55 bits per heavy atom. The quantitative estimate of drug-likeness (QED) is 0.115. The van der Waals surface area contributed by atoms with Gasteiger partial charge in [-0.2, -0.15) is 5.10 Å². The fourth-order valence-corrected chi connectivity index (χ4v) is 5.51. The third kappa shape index (κ3) is 4.50. The van der Waals surface area contributed by atoms with Crippen molar-refractivity contribution in [3.05, 3.63) is 140 Å². The number of nitro benzene ring substituents is 1. The molecule has 1 fully saturated rings. The Hall–Kier alpha value is -4.56. The lowest BCUT2D eigenvalue weighted by atomic mass is 9.76. The topological polar surface area (TPSA) is 81.3 Å².